The maximum absolute atomic E-state index is 12.0. The van der Waals surface area contributed by atoms with Gasteiger partial charge in [-0.1, -0.05) is 28.1 Å². The van der Waals surface area contributed by atoms with Gasteiger partial charge in [-0.3, -0.25) is 0 Å². The minimum Gasteiger partial charge on any atom is -0.444 e. The van der Waals surface area contributed by atoms with E-state index in [1.165, 1.54) is 5.57 Å². The fraction of sp³-hybridized carbons (Fsp3) is 0.471. The first-order valence-corrected chi connectivity index (χ1v) is 8.16. The van der Waals surface area contributed by atoms with E-state index in [1.807, 2.05) is 39.0 Å². The minimum atomic E-state index is -0.469. The molecule has 2 rings (SSSR count). The second-order valence-electron chi connectivity index (χ2n) is 6.37. The van der Waals surface area contributed by atoms with Gasteiger partial charge in [-0.2, -0.15) is 0 Å². The molecule has 0 atom stereocenters. The van der Waals surface area contributed by atoms with E-state index in [1.54, 1.807) is 4.90 Å². The van der Waals surface area contributed by atoms with Crippen molar-refractivity contribution in [3.63, 3.8) is 0 Å². The maximum Gasteiger partial charge on any atom is 0.410 e. The Morgan fingerprint density at radius 1 is 1.41 bits per heavy atom. The van der Waals surface area contributed by atoms with E-state index in [0.717, 1.165) is 22.0 Å². The molecular weight excluding hydrogens is 346 g/mol. The Balaban J connectivity index is 2.07. The number of hydrogen-bond donors (Lipinski definition) is 1. The van der Waals surface area contributed by atoms with Crippen LogP contribution in [0.3, 0.4) is 0 Å². The van der Waals surface area contributed by atoms with Crippen molar-refractivity contribution in [3.8, 4) is 0 Å². The van der Waals surface area contributed by atoms with Gasteiger partial charge in [0, 0.05) is 17.6 Å². The van der Waals surface area contributed by atoms with Crippen LogP contribution in [0.15, 0.2) is 28.7 Å². The molecule has 22 heavy (non-hydrogen) atoms. The summed E-state index contributed by atoms with van der Waals surface area (Å²) >= 11 is 3.42. The molecule has 0 aliphatic carbocycles. The number of halogens is 1. The molecule has 1 aromatic rings. The molecule has 0 bridgehead atoms. The molecule has 1 amide bonds. The third kappa shape index (κ3) is 4.34. The molecule has 1 aliphatic heterocycles. The molecule has 0 unspecified atom stereocenters. The predicted octanol–water partition coefficient (Wildman–Crippen LogP) is 3.97. The second kappa shape index (κ2) is 6.84. The summed E-state index contributed by atoms with van der Waals surface area (Å²) in [6, 6.07) is 5.96. The van der Waals surface area contributed by atoms with Crippen LogP contribution >= 0.6 is 15.9 Å². The molecule has 1 heterocycles. The summed E-state index contributed by atoms with van der Waals surface area (Å²) < 4.78 is 6.30. The summed E-state index contributed by atoms with van der Waals surface area (Å²) in [5, 5.41) is 9.35. The summed E-state index contributed by atoms with van der Waals surface area (Å²) in [7, 11) is 0. The molecule has 120 valence electrons. The first kappa shape index (κ1) is 17.0. The number of aliphatic hydroxyl groups excluding tert-OH is 1. The van der Waals surface area contributed by atoms with E-state index in [-0.39, 0.29) is 12.7 Å². The first-order chi connectivity index (χ1) is 10.3. The van der Waals surface area contributed by atoms with Gasteiger partial charge in [-0.05, 0) is 56.0 Å². The van der Waals surface area contributed by atoms with Gasteiger partial charge in [0.2, 0.25) is 0 Å². The molecular formula is C17H22BrNO3. The van der Waals surface area contributed by atoms with Gasteiger partial charge in [0.25, 0.3) is 0 Å². The first-order valence-electron chi connectivity index (χ1n) is 7.37. The Labute approximate surface area is 139 Å². The van der Waals surface area contributed by atoms with Gasteiger partial charge in [0.05, 0.1) is 6.61 Å². The Hall–Kier alpha value is -1.33. The molecule has 1 aliphatic rings. The standard InChI is InChI=1S/C17H22BrNO3/c1-17(2,3)22-16(21)19-8-6-12(7-9-19)13-4-5-15(18)14(10-13)11-20/h4-6,10,20H,7-9,11H2,1-3H3. The molecule has 0 saturated carbocycles. The lowest BCUT2D eigenvalue weighted by Gasteiger charge is -2.29. The molecule has 1 aromatic carbocycles. The third-order valence-corrected chi connectivity index (χ3v) is 4.22. The van der Waals surface area contributed by atoms with Crippen LogP contribution in [0.25, 0.3) is 5.57 Å². The normalized spacial score (nSPS) is 15.5. The summed E-state index contributed by atoms with van der Waals surface area (Å²) in [4.78, 5) is 13.7. The van der Waals surface area contributed by atoms with Crippen molar-refractivity contribution in [1.29, 1.82) is 0 Å². The zero-order chi connectivity index (χ0) is 16.3. The Kier molecular flexibility index (Phi) is 5.29. The third-order valence-electron chi connectivity index (χ3n) is 3.45. The number of carbonyl (C=O) groups is 1. The Bertz CT molecular complexity index is 590. The number of hydrogen-bond acceptors (Lipinski definition) is 3. The van der Waals surface area contributed by atoms with E-state index >= 15 is 0 Å². The highest BCUT2D eigenvalue weighted by Gasteiger charge is 2.23. The fourth-order valence-electron chi connectivity index (χ4n) is 2.32. The minimum absolute atomic E-state index is 0.00569. The number of aliphatic hydroxyl groups is 1. The lowest BCUT2D eigenvalue weighted by atomic mass is 9.98. The largest absolute Gasteiger partial charge is 0.444 e. The molecule has 0 radical (unpaired) electrons. The average molecular weight is 368 g/mol. The van der Waals surface area contributed by atoms with Crippen LogP contribution in [0.4, 0.5) is 4.79 Å². The van der Waals surface area contributed by atoms with Gasteiger partial charge in [0.15, 0.2) is 0 Å². The van der Waals surface area contributed by atoms with Gasteiger partial charge in [0.1, 0.15) is 5.60 Å². The monoisotopic (exact) mass is 367 g/mol. The van der Waals surface area contributed by atoms with Gasteiger partial charge >= 0.3 is 6.09 Å². The van der Waals surface area contributed by atoms with Crippen LogP contribution < -0.4 is 0 Å². The van der Waals surface area contributed by atoms with E-state index < -0.39 is 5.60 Å². The molecule has 0 aromatic heterocycles. The van der Waals surface area contributed by atoms with Crippen molar-refractivity contribution in [1.82, 2.24) is 4.90 Å². The van der Waals surface area contributed by atoms with Crippen molar-refractivity contribution in [3.05, 3.63) is 39.9 Å². The molecule has 5 heteroatoms. The van der Waals surface area contributed by atoms with E-state index in [9.17, 15) is 9.90 Å². The van der Waals surface area contributed by atoms with Crippen molar-refractivity contribution in [2.24, 2.45) is 0 Å². The average Bonchev–Trinajstić information content (AvgIpc) is 2.46. The summed E-state index contributed by atoms with van der Waals surface area (Å²) in [6.07, 6.45) is 2.57. The predicted molar refractivity (Wildman–Crippen MR) is 90.5 cm³/mol. The molecule has 0 saturated heterocycles. The zero-order valence-electron chi connectivity index (χ0n) is 13.2. The smallest absolute Gasteiger partial charge is 0.410 e. The number of amides is 1. The Morgan fingerprint density at radius 2 is 2.14 bits per heavy atom. The summed E-state index contributed by atoms with van der Waals surface area (Å²) in [6.45, 7) is 6.81. The fourth-order valence-corrected chi connectivity index (χ4v) is 2.69. The molecule has 0 fully saturated rings. The number of nitrogens with zero attached hydrogens (tertiary/aromatic N) is 1. The van der Waals surface area contributed by atoms with Crippen molar-refractivity contribution >= 4 is 27.6 Å². The lowest BCUT2D eigenvalue weighted by Crippen LogP contribution is -2.39. The number of carbonyl (C=O) groups excluding carboxylic acids is 1. The topological polar surface area (TPSA) is 49.8 Å². The van der Waals surface area contributed by atoms with Gasteiger partial charge in [-0.15, -0.1) is 0 Å². The summed E-state index contributed by atoms with van der Waals surface area (Å²) in [5.41, 5.74) is 2.69. The van der Waals surface area contributed by atoms with E-state index in [2.05, 4.69) is 22.0 Å². The van der Waals surface area contributed by atoms with Gasteiger partial charge < -0.3 is 14.7 Å². The SMILES string of the molecule is CC(C)(C)OC(=O)N1CC=C(c2ccc(Br)c(CO)c2)CC1. The molecule has 1 N–H and O–H groups in total. The summed E-state index contributed by atoms with van der Waals surface area (Å²) in [5.74, 6) is 0. The van der Waals surface area contributed by atoms with Crippen LogP contribution in [0.1, 0.15) is 38.3 Å². The van der Waals surface area contributed by atoms with Crippen LogP contribution in [-0.4, -0.2) is 34.8 Å². The Morgan fingerprint density at radius 3 is 2.68 bits per heavy atom. The number of ether oxygens (including phenoxy) is 1. The quantitative estimate of drug-likeness (QED) is 0.860. The van der Waals surface area contributed by atoms with Crippen LogP contribution in [0, 0.1) is 0 Å². The number of benzene rings is 1. The van der Waals surface area contributed by atoms with Crippen molar-refractivity contribution in [2.45, 2.75) is 39.4 Å². The zero-order valence-corrected chi connectivity index (χ0v) is 14.8. The van der Waals surface area contributed by atoms with Crippen molar-refractivity contribution in [2.75, 3.05) is 13.1 Å². The highest BCUT2D eigenvalue weighted by atomic mass is 79.9. The highest BCUT2D eigenvalue weighted by molar-refractivity contribution is 9.10. The van der Waals surface area contributed by atoms with Crippen LogP contribution in [0.5, 0.6) is 0 Å². The maximum atomic E-state index is 12.0. The van der Waals surface area contributed by atoms with Crippen molar-refractivity contribution < 1.29 is 14.6 Å². The van der Waals surface area contributed by atoms with Crippen LogP contribution in [0.2, 0.25) is 0 Å². The highest BCUT2D eigenvalue weighted by Crippen LogP contribution is 2.27. The molecule has 4 nitrogen and oxygen atoms in total. The van der Waals surface area contributed by atoms with Gasteiger partial charge in [-0.25, -0.2) is 4.79 Å². The van der Waals surface area contributed by atoms with E-state index in [4.69, 9.17) is 4.74 Å². The second-order valence-corrected chi connectivity index (χ2v) is 7.22. The van der Waals surface area contributed by atoms with Crippen LogP contribution in [-0.2, 0) is 11.3 Å². The number of rotatable bonds is 2. The van der Waals surface area contributed by atoms with E-state index in [0.29, 0.717) is 13.1 Å². The molecule has 0 spiro atoms. The lowest BCUT2D eigenvalue weighted by molar-refractivity contribution is 0.0270.